The first-order chi connectivity index (χ1) is 9.89. The molecule has 2 N–H and O–H groups in total. The summed E-state index contributed by atoms with van der Waals surface area (Å²) in [5, 5.41) is 19.4. The number of unbranched alkanes of at least 4 members (excludes halogenated alkanes) is 2. The third kappa shape index (κ3) is 3.15. The molecule has 2 rings (SSSR count). The van der Waals surface area contributed by atoms with Crippen LogP contribution in [0.15, 0.2) is 0 Å². The summed E-state index contributed by atoms with van der Waals surface area (Å²) in [7, 11) is 0. The second-order valence-electron chi connectivity index (χ2n) is 6.30. The Bertz CT molecular complexity index is 401. The molecule has 2 fully saturated rings. The molecule has 1 saturated carbocycles. The van der Waals surface area contributed by atoms with Crippen molar-refractivity contribution >= 4 is 12.1 Å². The van der Waals surface area contributed by atoms with E-state index in [1.54, 1.807) is 6.92 Å². The van der Waals surface area contributed by atoms with Gasteiger partial charge in [-0.1, -0.05) is 12.8 Å². The molecule has 0 aromatic carbocycles. The number of carboxylic acid groups (broad SMARTS) is 1. The highest BCUT2D eigenvalue weighted by molar-refractivity contribution is 5.72. The van der Waals surface area contributed by atoms with E-state index < -0.39 is 23.4 Å². The number of nitrogens with zero attached hydrogens (tertiary/aromatic N) is 1. The summed E-state index contributed by atoms with van der Waals surface area (Å²) in [5.74, 6) is -0.802. The molecule has 1 spiro atoms. The van der Waals surface area contributed by atoms with E-state index in [-0.39, 0.29) is 6.42 Å². The fourth-order valence-corrected chi connectivity index (χ4v) is 3.47. The van der Waals surface area contributed by atoms with Crippen LogP contribution in [-0.4, -0.2) is 45.0 Å². The summed E-state index contributed by atoms with van der Waals surface area (Å²) in [6, 6.07) is 0. The minimum Gasteiger partial charge on any atom is -0.481 e. The molecule has 1 saturated heterocycles. The first-order valence-electron chi connectivity index (χ1n) is 7.84. The lowest BCUT2D eigenvalue weighted by Crippen LogP contribution is -2.57. The Morgan fingerprint density at radius 2 is 1.90 bits per heavy atom. The van der Waals surface area contributed by atoms with Crippen LogP contribution in [-0.2, 0) is 9.53 Å². The van der Waals surface area contributed by atoms with Crippen molar-refractivity contribution in [3.8, 4) is 0 Å². The Balaban J connectivity index is 1.90. The maximum atomic E-state index is 12.1. The Kier molecular flexibility index (Phi) is 4.76. The first-order valence-corrected chi connectivity index (χ1v) is 7.84. The molecule has 0 bridgehead atoms. The van der Waals surface area contributed by atoms with E-state index in [0.29, 0.717) is 32.2 Å². The number of carbonyl (C=O) groups excluding carboxylic acids is 1. The van der Waals surface area contributed by atoms with Gasteiger partial charge in [-0.15, -0.1) is 0 Å². The molecule has 0 aromatic heterocycles. The SMILES string of the molecule is C[C@]1(O)N(CCCCCC(=O)O)C(=O)OC12CCCCC2. The van der Waals surface area contributed by atoms with Crippen molar-refractivity contribution in [2.45, 2.75) is 76.0 Å². The van der Waals surface area contributed by atoms with Gasteiger partial charge in [0.25, 0.3) is 0 Å². The Hall–Kier alpha value is -1.30. The van der Waals surface area contributed by atoms with Crippen LogP contribution >= 0.6 is 0 Å². The Labute approximate surface area is 125 Å². The highest BCUT2D eigenvalue weighted by Crippen LogP contribution is 2.46. The van der Waals surface area contributed by atoms with Crippen LogP contribution in [0, 0.1) is 0 Å². The summed E-state index contributed by atoms with van der Waals surface area (Å²) in [6.45, 7) is 2.08. The molecule has 120 valence electrons. The van der Waals surface area contributed by atoms with E-state index in [2.05, 4.69) is 0 Å². The van der Waals surface area contributed by atoms with Crippen LogP contribution < -0.4 is 0 Å². The number of carboxylic acids is 1. The summed E-state index contributed by atoms with van der Waals surface area (Å²) < 4.78 is 5.56. The number of hydrogen-bond acceptors (Lipinski definition) is 4. The van der Waals surface area contributed by atoms with E-state index >= 15 is 0 Å². The lowest BCUT2D eigenvalue weighted by atomic mass is 9.77. The third-order valence-corrected chi connectivity index (χ3v) is 4.83. The molecule has 1 aliphatic carbocycles. The van der Waals surface area contributed by atoms with Gasteiger partial charge in [0.15, 0.2) is 11.3 Å². The Morgan fingerprint density at radius 1 is 1.24 bits per heavy atom. The molecule has 6 heteroatoms. The second kappa shape index (κ2) is 6.22. The van der Waals surface area contributed by atoms with Crippen LogP contribution in [0.5, 0.6) is 0 Å². The zero-order valence-electron chi connectivity index (χ0n) is 12.6. The summed E-state index contributed by atoms with van der Waals surface area (Å²) in [6.07, 6.45) is 6.16. The Morgan fingerprint density at radius 3 is 2.52 bits per heavy atom. The monoisotopic (exact) mass is 299 g/mol. The largest absolute Gasteiger partial charge is 0.481 e. The van der Waals surface area contributed by atoms with Crippen molar-refractivity contribution < 1.29 is 24.5 Å². The average molecular weight is 299 g/mol. The number of amides is 1. The van der Waals surface area contributed by atoms with Gasteiger partial charge < -0.3 is 14.9 Å². The van der Waals surface area contributed by atoms with Gasteiger partial charge in [-0.3, -0.25) is 9.69 Å². The summed E-state index contributed by atoms with van der Waals surface area (Å²) in [5.41, 5.74) is -2.03. The standard InChI is InChI=1S/C15H25NO5/c1-14(20)15(9-5-3-6-10-15)21-13(19)16(14)11-7-2-4-8-12(17)18/h20H,2-11H2,1H3,(H,17,18)/t14-/m1/s1. The molecule has 1 amide bonds. The van der Waals surface area contributed by atoms with Gasteiger partial charge >= 0.3 is 12.1 Å². The van der Waals surface area contributed by atoms with Gasteiger partial charge in [-0.25, -0.2) is 4.79 Å². The number of rotatable bonds is 6. The number of hydrogen-bond donors (Lipinski definition) is 2. The highest BCUT2D eigenvalue weighted by atomic mass is 16.6. The van der Waals surface area contributed by atoms with Gasteiger partial charge in [0, 0.05) is 13.0 Å². The predicted molar refractivity (Wildman–Crippen MR) is 75.7 cm³/mol. The number of ether oxygens (including phenoxy) is 1. The quantitative estimate of drug-likeness (QED) is 0.736. The van der Waals surface area contributed by atoms with Gasteiger partial charge in [-0.2, -0.15) is 0 Å². The third-order valence-electron chi connectivity index (χ3n) is 4.83. The lowest BCUT2D eigenvalue weighted by molar-refractivity contribution is -0.158. The molecule has 1 aliphatic heterocycles. The minimum atomic E-state index is -1.27. The molecule has 1 atom stereocenters. The van der Waals surface area contributed by atoms with E-state index in [1.807, 2.05) is 0 Å². The summed E-state index contributed by atoms with van der Waals surface area (Å²) in [4.78, 5) is 24.0. The van der Waals surface area contributed by atoms with Crippen LogP contribution in [0.3, 0.4) is 0 Å². The van der Waals surface area contributed by atoms with Crippen molar-refractivity contribution in [2.75, 3.05) is 6.54 Å². The van der Waals surface area contributed by atoms with Crippen molar-refractivity contribution in [3.05, 3.63) is 0 Å². The smallest absolute Gasteiger partial charge is 0.412 e. The molecule has 0 radical (unpaired) electrons. The molecular weight excluding hydrogens is 274 g/mol. The van der Waals surface area contributed by atoms with Crippen molar-refractivity contribution in [1.29, 1.82) is 0 Å². The number of aliphatic carboxylic acids is 1. The topological polar surface area (TPSA) is 87.1 Å². The lowest BCUT2D eigenvalue weighted by Gasteiger charge is -2.42. The number of aliphatic hydroxyl groups is 1. The average Bonchev–Trinajstić information content (AvgIpc) is 2.58. The normalized spacial score (nSPS) is 27.9. The molecule has 6 nitrogen and oxygen atoms in total. The summed E-state index contributed by atoms with van der Waals surface area (Å²) >= 11 is 0. The van der Waals surface area contributed by atoms with Crippen molar-refractivity contribution in [1.82, 2.24) is 4.90 Å². The van der Waals surface area contributed by atoms with Crippen LogP contribution in [0.25, 0.3) is 0 Å². The maximum absolute atomic E-state index is 12.1. The highest BCUT2D eigenvalue weighted by Gasteiger charge is 2.61. The zero-order chi connectivity index (χ0) is 15.5. The molecule has 0 aromatic rings. The molecule has 2 aliphatic rings. The van der Waals surface area contributed by atoms with Crippen LogP contribution in [0.4, 0.5) is 4.79 Å². The van der Waals surface area contributed by atoms with Gasteiger partial charge in [0.2, 0.25) is 0 Å². The second-order valence-corrected chi connectivity index (χ2v) is 6.30. The van der Waals surface area contributed by atoms with Crippen LogP contribution in [0.1, 0.15) is 64.7 Å². The van der Waals surface area contributed by atoms with Gasteiger partial charge in [0.05, 0.1) is 0 Å². The number of carbonyl (C=O) groups is 2. The van der Waals surface area contributed by atoms with E-state index in [9.17, 15) is 14.7 Å². The van der Waals surface area contributed by atoms with Gasteiger partial charge in [0.1, 0.15) is 0 Å². The molecule has 0 unspecified atom stereocenters. The molecular formula is C15H25NO5. The van der Waals surface area contributed by atoms with Gasteiger partial charge in [-0.05, 0) is 45.4 Å². The first kappa shape index (κ1) is 16.1. The zero-order valence-corrected chi connectivity index (χ0v) is 12.6. The molecule has 1 heterocycles. The van der Waals surface area contributed by atoms with E-state index in [4.69, 9.17) is 9.84 Å². The van der Waals surface area contributed by atoms with Crippen molar-refractivity contribution in [2.24, 2.45) is 0 Å². The maximum Gasteiger partial charge on any atom is 0.412 e. The van der Waals surface area contributed by atoms with Crippen molar-refractivity contribution in [3.63, 3.8) is 0 Å². The predicted octanol–water partition coefficient (Wildman–Crippen LogP) is 2.50. The fourth-order valence-electron chi connectivity index (χ4n) is 3.47. The van der Waals surface area contributed by atoms with E-state index in [1.165, 1.54) is 4.90 Å². The van der Waals surface area contributed by atoms with Crippen LogP contribution in [0.2, 0.25) is 0 Å². The van der Waals surface area contributed by atoms with E-state index in [0.717, 1.165) is 25.7 Å². The fraction of sp³-hybridized carbons (Fsp3) is 0.867. The minimum absolute atomic E-state index is 0.144. The molecule has 21 heavy (non-hydrogen) atoms.